The van der Waals surface area contributed by atoms with Gasteiger partial charge in [0.25, 0.3) is 5.91 Å². The second-order valence-electron chi connectivity index (χ2n) is 5.05. The van der Waals surface area contributed by atoms with Crippen LogP contribution < -0.4 is 0 Å². The van der Waals surface area contributed by atoms with Gasteiger partial charge in [0.1, 0.15) is 0 Å². The van der Waals surface area contributed by atoms with Crippen molar-refractivity contribution in [3.05, 3.63) is 33.8 Å². The van der Waals surface area contributed by atoms with E-state index < -0.39 is 11.7 Å². The van der Waals surface area contributed by atoms with Crippen LogP contribution in [0.15, 0.2) is 22.7 Å². The molecule has 2 rings (SSSR count). The van der Waals surface area contributed by atoms with Crippen LogP contribution in [0.4, 0.5) is 13.2 Å². The van der Waals surface area contributed by atoms with E-state index in [4.69, 9.17) is 0 Å². The van der Waals surface area contributed by atoms with Gasteiger partial charge in [-0.2, -0.15) is 13.2 Å². The molecule has 7 heteroatoms. The minimum absolute atomic E-state index is 0.0592. The molecule has 20 heavy (non-hydrogen) atoms. The highest BCUT2D eigenvalue weighted by Crippen LogP contribution is 2.32. The van der Waals surface area contributed by atoms with Crippen molar-refractivity contribution in [2.24, 2.45) is 0 Å². The van der Waals surface area contributed by atoms with Gasteiger partial charge >= 0.3 is 6.18 Å². The molecule has 1 amide bonds. The molecule has 1 aromatic carbocycles. The van der Waals surface area contributed by atoms with E-state index in [1.54, 1.807) is 4.90 Å². The predicted octanol–water partition coefficient (Wildman–Crippen LogP) is 2.85. The molecule has 110 valence electrons. The molecular formula is C13H14BrF3N2O. The zero-order valence-corrected chi connectivity index (χ0v) is 12.6. The molecule has 0 bridgehead atoms. The quantitative estimate of drug-likeness (QED) is 0.818. The van der Waals surface area contributed by atoms with Crippen LogP contribution in [0.3, 0.4) is 0 Å². The number of carbonyl (C=O) groups excluding carboxylic acids is 1. The topological polar surface area (TPSA) is 23.6 Å². The van der Waals surface area contributed by atoms with Crippen molar-refractivity contribution < 1.29 is 18.0 Å². The van der Waals surface area contributed by atoms with Crippen LogP contribution in [0.2, 0.25) is 0 Å². The first-order chi connectivity index (χ1) is 9.18. The predicted molar refractivity (Wildman–Crippen MR) is 72.5 cm³/mol. The van der Waals surface area contributed by atoms with E-state index in [9.17, 15) is 18.0 Å². The Labute approximate surface area is 123 Å². The zero-order valence-electron chi connectivity index (χ0n) is 11.0. The maximum Gasteiger partial charge on any atom is 0.416 e. The summed E-state index contributed by atoms with van der Waals surface area (Å²) in [4.78, 5) is 15.7. The first kappa shape index (κ1) is 15.3. The Hall–Kier alpha value is -1.08. The van der Waals surface area contributed by atoms with Gasteiger partial charge in [-0.15, -0.1) is 0 Å². The summed E-state index contributed by atoms with van der Waals surface area (Å²) in [6.45, 7) is 1.08. The van der Waals surface area contributed by atoms with Crippen LogP contribution in [0.25, 0.3) is 0 Å². The monoisotopic (exact) mass is 350 g/mol. The summed E-state index contributed by atoms with van der Waals surface area (Å²) >= 11 is 3.02. The summed E-state index contributed by atoms with van der Waals surface area (Å²) in [6, 6.07) is 3.56. The maximum absolute atomic E-state index is 12.7. The summed E-state index contributed by atoms with van der Waals surface area (Å²) in [5.74, 6) is -0.366. The smallest absolute Gasteiger partial charge is 0.335 e. The van der Waals surface area contributed by atoms with Crippen LogP contribution in [-0.2, 0) is 6.18 Å². The van der Waals surface area contributed by atoms with E-state index in [0.29, 0.717) is 13.1 Å². The number of halogens is 4. The van der Waals surface area contributed by atoms with E-state index in [0.717, 1.165) is 12.1 Å². The Morgan fingerprint density at radius 3 is 2.40 bits per heavy atom. The number of likely N-dealkylation sites (N-methyl/N-ethyl adjacent to an activating group) is 1. The lowest BCUT2D eigenvalue weighted by molar-refractivity contribution is -0.137. The Morgan fingerprint density at radius 2 is 1.90 bits per heavy atom. The summed E-state index contributed by atoms with van der Waals surface area (Å²) < 4.78 is 38.4. The fourth-order valence-corrected chi connectivity index (χ4v) is 2.50. The largest absolute Gasteiger partial charge is 0.416 e. The summed E-state index contributed by atoms with van der Waals surface area (Å²) in [5, 5.41) is 0. The standard InChI is InChI=1S/C13H14BrF3N2O/c1-18(2)11-6-19(7-11)12(20)8-3-9(13(15,16)17)5-10(14)4-8/h3-5,11H,6-7H2,1-2H3. The van der Waals surface area contributed by atoms with Crippen molar-refractivity contribution in [2.45, 2.75) is 12.2 Å². The lowest BCUT2D eigenvalue weighted by Crippen LogP contribution is -2.59. The Balaban J connectivity index is 2.17. The summed E-state index contributed by atoms with van der Waals surface area (Å²) in [7, 11) is 3.82. The molecule has 0 aromatic heterocycles. The van der Waals surface area contributed by atoms with Gasteiger partial charge in [-0.3, -0.25) is 4.79 Å². The number of likely N-dealkylation sites (tertiary alicyclic amines) is 1. The first-order valence-corrected chi connectivity index (χ1v) is 6.81. The van der Waals surface area contributed by atoms with Crippen molar-refractivity contribution in [3.63, 3.8) is 0 Å². The normalized spacial score (nSPS) is 16.4. The molecule has 0 unspecified atom stereocenters. The molecule has 1 fully saturated rings. The highest BCUT2D eigenvalue weighted by molar-refractivity contribution is 9.10. The van der Waals surface area contributed by atoms with Gasteiger partial charge in [-0.25, -0.2) is 0 Å². The molecule has 1 aliphatic heterocycles. The molecule has 0 saturated carbocycles. The average Bonchev–Trinajstić information content (AvgIpc) is 2.24. The molecule has 3 nitrogen and oxygen atoms in total. The van der Waals surface area contributed by atoms with E-state index >= 15 is 0 Å². The van der Waals surface area contributed by atoms with Crippen LogP contribution in [0.5, 0.6) is 0 Å². The highest BCUT2D eigenvalue weighted by Gasteiger charge is 2.35. The van der Waals surface area contributed by atoms with Crippen molar-refractivity contribution >= 4 is 21.8 Å². The molecule has 1 aliphatic rings. The van der Waals surface area contributed by atoms with Gasteiger partial charge in [-0.05, 0) is 32.3 Å². The summed E-state index contributed by atoms with van der Waals surface area (Å²) in [5.41, 5.74) is -0.760. The van der Waals surface area contributed by atoms with E-state index in [1.807, 2.05) is 19.0 Å². The molecule has 1 aromatic rings. The number of benzene rings is 1. The lowest BCUT2D eigenvalue weighted by atomic mass is 10.0. The SMILES string of the molecule is CN(C)C1CN(C(=O)c2cc(Br)cc(C(F)(F)F)c2)C1. The van der Waals surface area contributed by atoms with Crippen LogP contribution in [-0.4, -0.2) is 48.9 Å². The number of amides is 1. The van der Waals surface area contributed by atoms with Gasteiger partial charge in [0.05, 0.1) is 5.56 Å². The van der Waals surface area contributed by atoms with Gasteiger partial charge < -0.3 is 9.80 Å². The Bertz CT molecular complexity index is 525. The Kier molecular flexibility index (Phi) is 4.11. The molecular weight excluding hydrogens is 337 g/mol. The van der Waals surface area contributed by atoms with Crippen molar-refractivity contribution in [3.8, 4) is 0 Å². The molecule has 0 spiro atoms. The molecule has 0 aliphatic carbocycles. The van der Waals surface area contributed by atoms with Crippen LogP contribution in [0, 0.1) is 0 Å². The third kappa shape index (κ3) is 3.15. The maximum atomic E-state index is 12.7. The number of nitrogens with zero attached hydrogens (tertiary/aromatic N) is 2. The Morgan fingerprint density at radius 1 is 1.30 bits per heavy atom. The van der Waals surface area contributed by atoms with Gasteiger partial charge in [0.15, 0.2) is 0 Å². The second-order valence-corrected chi connectivity index (χ2v) is 5.97. The number of carbonyl (C=O) groups is 1. The van der Waals surface area contributed by atoms with Crippen LogP contribution in [0.1, 0.15) is 15.9 Å². The van der Waals surface area contributed by atoms with E-state index in [2.05, 4.69) is 15.9 Å². The summed E-state index contributed by atoms with van der Waals surface area (Å²) in [6.07, 6.45) is -4.46. The van der Waals surface area contributed by atoms with E-state index in [-0.39, 0.29) is 22.0 Å². The molecule has 1 saturated heterocycles. The lowest BCUT2D eigenvalue weighted by Gasteiger charge is -2.42. The number of alkyl halides is 3. The van der Waals surface area contributed by atoms with E-state index in [1.165, 1.54) is 6.07 Å². The fourth-order valence-electron chi connectivity index (χ4n) is 2.01. The number of hydrogen-bond donors (Lipinski definition) is 0. The van der Waals surface area contributed by atoms with Crippen molar-refractivity contribution in [1.82, 2.24) is 9.80 Å². The van der Waals surface area contributed by atoms with Gasteiger partial charge in [0, 0.05) is 29.2 Å². The second kappa shape index (κ2) is 5.37. The third-order valence-corrected chi connectivity index (χ3v) is 3.81. The first-order valence-electron chi connectivity index (χ1n) is 6.02. The molecule has 1 heterocycles. The van der Waals surface area contributed by atoms with Crippen molar-refractivity contribution in [1.29, 1.82) is 0 Å². The third-order valence-electron chi connectivity index (χ3n) is 3.35. The highest BCUT2D eigenvalue weighted by atomic mass is 79.9. The minimum atomic E-state index is -4.46. The van der Waals surface area contributed by atoms with Crippen molar-refractivity contribution in [2.75, 3.05) is 27.2 Å². The fraction of sp³-hybridized carbons (Fsp3) is 0.462. The zero-order chi connectivity index (χ0) is 15.1. The van der Waals surface area contributed by atoms with Gasteiger partial charge in [-0.1, -0.05) is 15.9 Å². The minimum Gasteiger partial charge on any atom is -0.335 e. The van der Waals surface area contributed by atoms with Crippen LogP contribution >= 0.6 is 15.9 Å². The average molecular weight is 351 g/mol. The number of rotatable bonds is 2. The molecule has 0 N–H and O–H groups in total. The van der Waals surface area contributed by atoms with Gasteiger partial charge in [0.2, 0.25) is 0 Å². The molecule has 0 radical (unpaired) electrons. The molecule has 0 atom stereocenters. The number of hydrogen-bond acceptors (Lipinski definition) is 2.